The largest absolute Gasteiger partial charge is 0.355 e. The first-order chi connectivity index (χ1) is 9.13. The van der Waals surface area contributed by atoms with Crippen molar-refractivity contribution in [2.45, 2.75) is 25.3 Å². The molecule has 1 saturated carbocycles. The third-order valence-corrected chi connectivity index (χ3v) is 3.56. The van der Waals surface area contributed by atoms with Crippen molar-refractivity contribution in [3.05, 3.63) is 29.8 Å². The Morgan fingerprint density at radius 2 is 2.00 bits per heavy atom. The van der Waals surface area contributed by atoms with Crippen molar-refractivity contribution in [2.24, 2.45) is 11.7 Å². The number of amides is 2. The average molecular weight is 261 g/mol. The fourth-order valence-electron chi connectivity index (χ4n) is 2.46. The first-order valence-corrected chi connectivity index (χ1v) is 6.51. The molecule has 19 heavy (non-hydrogen) atoms. The van der Waals surface area contributed by atoms with Crippen LogP contribution in [0.5, 0.6) is 0 Å². The number of hydrogen-bond acceptors (Lipinski definition) is 3. The van der Waals surface area contributed by atoms with Gasteiger partial charge in [0.25, 0.3) is 5.91 Å². The van der Waals surface area contributed by atoms with Crippen LogP contribution in [0, 0.1) is 5.92 Å². The molecule has 2 amide bonds. The van der Waals surface area contributed by atoms with Crippen LogP contribution in [0.2, 0.25) is 0 Å². The van der Waals surface area contributed by atoms with E-state index in [1.165, 1.54) is 0 Å². The fourth-order valence-corrected chi connectivity index (χ4v) is 2.46. The highest BCUT2D eigenvalue weighted by atomic mass is 16.2. The van der Waals surface area contributed by atoms with Crippen molar-refractivity contribution in [3.8, 4) is 0 Å². The molecule has 0 radical (unpaired) electrons. The Balaban J connectivity index is 2.14. The lowest BCUT2D eigenvalue weighted by Gasteiger charge is -2.16. The van der Waals surface area contributed by atoms with Crippen LogP contribution in [-0.2, 0) is 4.79 Å². The topological polar surface area (TPSA) is 84.2 Å². The summed E-state index contributed by atoms with van der Waals surface area (Å²) in [7, 11) is 1.56. The highest BCUT2D eigenvalue weighted by Gasteiger charge is 2.30. The van der Waals surface area contributed by atoms with Gasteiger partial charge in [-0.2, -0.15) is 0 Å². The maximum Gasteiger partial charge on any atom is 0.253 e. The van der Waals surface area contributed by atoms with Crippen molar-refractivity contribution in [1.29, 1.82) is 0 Å². The molecule has 0 aliphatic heterocycles. The fraction of sp³-hybridized carbons (Fsp3) is 0.429. The zero-order valence-electron chi connectivity index (χ0n) is 11.0. The molecule has 5 nitrogen and oxygen atoms in total. The van der Waals surface area contributed by atoms with Gasteiger partial charge in [-0.15, -0.1) is 0 Å². The third kappa shape index (κ3) is 2.93. The second kappa shape index (κ2) is 5.84. The lowest BCUT2D eigenvalue weighted by Crippen LogP contribution is -2.34. The number of anilines is 1. The number of hydrogen-bond donors (Lipinski definition) is 3. The van der Waals surface area contributed by atoms with Crippen LogP contribution in [0.15, 0.2) is 24.3 Å². The third-order valence-electron chi connectivity index (χ3n) is 3.56. The van der Waals surface area contributed by atoms with Gasteiger partial charge in [-0.1, -0.05) is 18.6 Å². The summed E-state index contributed by atoms with van der Waals surface area (Å²) in [6.45, 7) is 0. The van der Waals surface area contributed by atoms with Crippen molar-refractivity contribution in [1.82, 2.24) is 5.32 Å². The number of benzene rings is 1. The van der Waals surface area contributed by atoms with Gasteiger partial charge in [0.1, 0.15) is 0 Å². The molecule has 1 aromatic rings. The SMILES string of the molecule is CNC(=O)c1ccccc1NC(=O)C1CCCC1N. The number of nitrogens with two attached hydrogens (primary N) is 1. The zero-order chi connectivity index (χ0) is 13.8. The van der Waals surface area contributed by atoms with Gasteiger partial charge in [0, 0.05) is 13.1 Å². The van der Waals surface area contributed by atoms with Crippen LogP contribution in [0.3, 0.4) is 0 Å². The molecule has 2 atom stereocenters. The molecule has 2 rings (SSSR count). The van der Waals surface area contributed by atoms with Gasteiger partial charge >= 0.3 is 0 Å². The second-order valence-corrected chi connectivity index (χ2v) is 4.82. The van der Waals surface area contributed by atoms with E-state index in [4.69, 9.17) is 5.73 Å². The molecular weight excluding hydrogens is 242 g/mol. The maximum absolute atomic E-state index is 12.2. The summed E-state index contributed by atoms with van der Waals surface area (Å²) < 4.78 is 0. The predicted octanol–water partition coefficient (Wildman–Crippen LogP) is 1.11. The van der Waals surface area contributed by atoms with Crippen LogP contribution < -0.4 is 16.4 Å². The number of carbonyl (C=O) groups is 2. The molecule has 0 bridgehead atoms. The Kier molecular flexibility index (Phi) is 4.16. The number of para-hydroxylation sites is 1. The van der Waals surface area contributed by atoms with Gasteiger partial charge in [-0.3, -0.25) is 9.59 Å². The smallest absolute Gasteiger partial charge is 0.253 e. The number of nitrogens with one attached hydrogen (secondary N) is 2. The van der Waals surface area contributed by atoms with Gasteiger partial charge < -0.3 is 16.4 Å². The van der Waals surface area contributed by atoms with Crippen molar-refractivity contribution in [2.75, 3.05) is 12.4 Å². The molecule has 102 valence electrons. The van der Waals surface area contributed by atoms with E-state index >= 15 is 0 Å². The van der Waals surface area contributed by atoms with Crippen LogP contribution in [-0.4, -0.2) is 24.9 Å². The minimum absolute atomic E-state index is 0.0767. The Hall–Kier alpha value is -1.88. The summed E-state index contributed by atoms with van der Waals surface area (Å²) >= 11 is 0. The molecular formula is C14H19N3O2. The van der Waals surface area contributed by atoms with Gasteiger partial charge in [-0.25, -0.2) is 0 Å². The summed E-state index contributed by atoms with van der Waals surface area (Å²) in [5.74, 6) is -0.467. The van der Waals surface area contributed by atoms with Gasteiger partial charge in [0.05, 0.1) is 17.2 Å². The summed E-state index contributed by atoms with van der Waals surface area (Å²) in [4.78, 5) is 23.9. The Bertz CT molecular complexity index is 487. The first-order valence-electron chi connectivity index (χ1n) is 6.51. The summed E-state index contributed by atoms with van der Waals surface area (Å²) in [5, 5.41) is 5.38. The Labute approximate surface area is 112 Å². The molecule has 4 N–H and O–H groups in total. The van der Waals surface area contributed by atoms with Gasteiger partial charge in [0.15, 0.2) is 0 Å². The Morgan fingerprint density at radius 3 is 2.63 bits per heavy atom. The van der Waals surface area contributed by atoms with E-state index in [-0.39, 0.29) is 23.8 Å². The molecule has 1 aromatic carbocycles. The predicted molar refractivity (Wildman–Crippen MR) is 73.8 cm³/mol. The van der Waals surface area contributed by atoms with Crippen LogP contribution in [0.4, 0.5) is 5.69 Å². The van der Waals surface area contributed by atoms with Crippen LogP contribution >= 0.6 is 0 Å². The van der Waals surface area contributed by atoms with E-state index in [2.05, 4.69) is 10.6 Å². The minimum Gasteiger partial charge on any atom is -0.355 e. The maximum atomic E-state index is 12.2. The van der Waals surface area contributed by atoms with E-state index < -0.39 is 0 Å². The normalized spacial score (nSPS) is 22.0. The quantitative estimate of drug-likeness (QED) is 0.762. The monoisotopic (exact) mass is 261 g/mol. The molecule has 1 aliphatic rings. The number of carbonyl (C=O) groups excluding carboxylic acids is 2. The van der Waals surface area contributed by atoms with Crippen molar-refractivity contribution < 1.29 is 9.59 Å². The molecule has 0 aromatic heterocycles. The summed E-state index contributed by atoms with van der Waals surface area (Å²) in [6.07, 6.45) is 2.68. The molecule has 1 aliphatic carbocycles. The van der Waals surface area contributed by atoms with Gasteiger partial charge in [0.2, 0.25) is 5.91 Å². The molecule has 0 saturated heterocycles. The zero-order valence-corrected chi connectivity index (χ0v) is 11.0. The first kappa shape index (κ1) is 13.5. The van der Waals surface area contributed by atoms with E-state index in [0.717, 1.165) is 19.3 Å². The summed E-state index contributed by atoms with van der Waals surface area (Å²) in [6, 6.07) is 6.89. The molecule has 5 heteroatoms. The van der Waals surface area contributed by atoms with E-state index in [1.54, 1.807) is 31.3 Å². The summed E-state index contributed by atoms with van der Waals surface area (Å²) in [5.41, 5.74) is 6.91. The Morgan fingerprint density at radius 1 is 1.26 bits per heavy atom. The minimum atomic E-state index is -0.216. The van der Waals surface area contributed by atoms with Crippen LogP contribution in [0.25, 0.3) is 0 Å². The molecule has 2 unspecified atom stereocenters. The second-order valence-electron chi connectivity index (χ2n) is 4.82. The highest BCUT2D eigenvalue weighted by molar-refractivity contribution is 6.04. The van der Waals surface area contributed by atoms with E-state index in [1.807, 2.05) is 0 Å². The van der Waals surface area contributed by atoms with Crippen LogP contribution in [0.1, 0.15) is 29.6 Å². The van der Waals surface area contributed by atoms with Crippen molar-refractivity contribution in [3.63, 3.8) is 0 Å². The lowest BCUT2D eigenvalue weighted by molar-refractivity contribution is -0.120. The lowest BCUT2D eigenvalue weighted by atomic mass is 10.0. The van der Waals surface area contributed by atoms with Crippen molar-refractivity contribution >= 4 is 17.5 Å². The standard InChI is InChI=1S/C14H19N3O2/c1-16-13(18)10-5-2-3-8-12(10)17-14(19)9-6-4-7-11(9)15/h2-3,5,8-9,11H,4,6-7,15H2,1H3,(H,16,18)(H,17,19). The molecule has 1 fully saturated rings. The molecule has 0 heterocycles. The van der Waals surface area contributed by atoms with Gasteiger partial charge in [-0.05, 0) is 25.0 Å². The molecule has 0 spiro atoms. The highest BCUT2D eigenvalue weighted by Crippen LogP contribution is 2.26. The van der Waals surface area contributed by atoms with E-state index in [0.29, 0.717) is 11.3 Å². The van der Waals surface area contributed by atoms with E-state index in [9.17, 15) is 9.59 Å². The number of rotatable bonds is 3. The average Bonchev–Trinajstić information content (AvgIpc) is 2.85.